The van der Waals surface area contributed by atoms with Crippen molar-refractivity contribution in [3.63, 3.8) is 0 Å². The van der Waals surface area contributed by atoms with E-state index in [4.69, 9.17) is 5.73 Å². The predicted octanol–water partition coefficient (Wildman–Crippen LogP) is 2.22. The first-order valence-corrected chi connectivity index (χ1v) is 8.54. The van der Waals surface area contributed by atoms with Gasteiger partial charge < -0.3 is 16.0 Å². The summed E-state index contributed by atoms with van der Waals surface area (Å²) in [5.74, 6) is -0.868. The molecule has 140 valence electrons. The number of hydrogen-bond donors (Lipinski definition) is 2. The van der Waals surface area contributed by atoms with Gasteiger partial charge in [-0.2, -0.15) is 0 Å². The maximum Gasteiger partial charge on any atom is 0.270 e. The van der Waals surface area contributed by atoms with Crippen molar-refractivity contribution in [3.8, 4) is 0 Å². The number of likely N-dealkylation sites (tertiary alicyclic amines) is 1. The van der Waals surface area contributed by atoms with Gasteiger partial charge in [0.05, 0.1) is 10.5 Å². The minimum absolute atomic E-state index is 0.00557. The normalized spacial score (nSPS) is 16.4. The number of nitro benzene ring substituents is 1. The molecule has 0 radical (unpaired) electrons. The number of nitrogens with one attached hydrogen (secondary N) is 1. The molecule has 1 aliphatic heterocycles. The van der Waals surface area contributed by atoms with E-state index in [2.05, 4.69) is 5.32 Å². The molecule has 1 unspecified atom stereocenters. The van der Waals surface area contributed by atoms with E-state index in [0.717, 1.165) is 17.2 Å². The number of benzene rings is 2. The van der Waals surface area contributed by atoms with Gasteiger partial charge in [0, 0.05) is 30.9 Å². The second-order valence-corrected chi connectivity index (χ2v) is 6.58. The molecule has 1 heterocycles. The van der Waals surface area contributed by atoms with E-state index in [1.54, 1.807) is 4.90 Å². The van der Waals surface area contributed by atoms with Crippen LogP contribution in [0, 0.1) is 17.0 Å². The van der Waals surface area contributed by atoms with Crippen LogP contribution in [0.5, 0.6) is 0 Å². The number of aryl methyl sites for hydroxylation is 1. The van der Waals surface area contributed by atoms with Gasteiger partial charge in [-0.3, -0.25) is 19.7 Å². The molecule has 8 heteroatoms. The number of amides is 2. The predicted molar refractivity (Wildman–Crippen MR) is 100 cm³/mol. The highest BCUT2D eigenvalue weighted by molar-refractivity contribution is 6.00. The third-order valence-corrected chi connectivity index (χ3v) is 4.60. The molecule has 3 N–H and O–H groups in total. The molecule has 1 saturated heterocycles. The number of carbonyl (C=O) groups excluding carboxylic acids is 2. The zero-order valence-corrected chi connectivity index (χ0v) is 14.8. The zero-order valence-electron chi connectivity index (χ0n) is 14.8. The third-order valence-electron chi connectivity index (χ3n) is 4.60. The molecule has 0 bridgehead atoms. The van der Waals surface area contributed by atoms with Crippen molar-refractivity contribution in [2.45, 2.75) is 25.9 Å². The van der Waals surface area contributed by atoms with Gasteiger partial charge in [0.1, 0.15) is 6.04 Å². The molecule has 27 heavy (non-hydrogen) atoms. The fourth-order valence-electron chi connectivity index (χ4n) is 3.11. The number of hydrogen-bond acceptors (Lipinski definition) is 5. The van der Waals surface area contributed by atoms with Crippen LogP contribution in [0.2, 0.25) is 0 Å². The van der Waals surface area contributed by atoms with Crippen LogP contribution >= 0.6 is 0 Å². The lowest BCUT2D eigenvalue weighted by molar-refractivity contribution is -0.384. The molecular weight excluding hydrogens is 348 g/mol. The lowest BCUT2D eigenvalue weighted by atomic mass is 10.1. The molecule has 2 amide bonds. The van der Waals surface area contributed by atoms with Crippen molar-refractivity contribution in [2.75, 3.05) is 11.9 Å². The molecule has 0 aliphatic carbocycles. The third kappa shape index (κ3) is 4.05. The molecule has 0 spiro atoms. The van der Waals surface area contributed by atoms with Crippen LogP contribution in [-0.2, 0) is 11.3 Å². The summed E-state index contributed by atoms with van der Waals surface area (Å²) < 4.78 is 0. The fourth-order valence-corrected chi connectivity index (χ4v) is 3.11. The molecule has 1 aliphatic rings. The Labute approximate surface area is 156 Å². The fraction of sp³-hybridized carbons (Fsp3) is 0.263. The number of nitrogens with two attached hydrogens (primary N) is 1. The molecule has 8 nitrogen and oxygen atoms in total. The second kappa shape index (κ2) is 7.45. The number of primary amides is 1. The largest absolute Gasteiger partial charge is 0.373 e. The Morgan fingerprint density at radius 1 is 1.30 bits per heavy atom. The first kappa shape index (κ1) is 18.4. The maximum atomic E-state index is 12.7. The monoisotopic (exact) mass is 368 g/mol. The van der Waals surface area contributed by atoms with Crippen molar-refractivity contribution < 1.29 is 14.5 Å². The zero-order chi connectivity index (χ0) is 19.6. The van der Waals surface area contributed by atoms with Crippen LogP contribution in [0.1, 0.15) is 27.9 Å². The first-order chi connectivity index (χ1) is 12.8. The summed E-state index contributed by atoms with van der Waals surface area (Å²) in [5, 5.41) is 13.9. The quantitative estimate of drug-likeness (QED) is 0.598. The lowest BCUT2D eigenvalue weighted by Crippen LogP contribution is -2.33. The van der Waals surface area contributed by atoms with Gasteiger partial charge in [-0.05, 0) is 25.0 Å². The Hall–Kier alpha value is -3.42. The van der Waals surface area contributed by atoms with Crippen molar-refractivity contribution >= 4 is 23.2 Å². The maximum absolute atomic E-state index is 12.7. The summed E-state index contributed by atoms with van der Waals surface area (Å²) in [6.45, 7) is 3.11. The SMILES string of the molecule is Cc1ccc(CN2CCC(Nc3ccc([N+](=O)[O-])cc3C(N)=O)C2=O)cc1. The van der Waals surface area contributed by atoms with Crippen LogP contribution in [0.4, 0.5) is 11.4 Å². The number of carbonyl (C=O) groups is 2. The minimum Gasteiger partial charge on any atom is -0.373 e. The molecule has 1 atom stereocenters. The van der Waals surface area contributed by atoms with Crippen LogP contribution in [0.15, 0.2) is 42.5 Å². The second-order valence-electron chi connectivity index (χ2n) is 6.58. The average molecular weight is 368 g/mol. The van der Waals surface area contributed by atoms with E-state index in [0.29, 0.717) is 25.2 Å². The highest BCUT2D eigenvalue weighted by atomic mass is 16.6. The number of non-ortho nitro benzene ring substituents is 1. The topological polar surface area (TPSA) is 119 Å². The summed E-state index contributed by atoms with van der Waals surface area (Å²) >= 11 is 0. The van der Waals surface area contributed by atoms with Crippen LogP contribution in [0.3, 0.4) is 0 Å². The van der Waals surface area contributed by atoms with Gasteiger partial charge in [0.25, 0.3) is 11.6 Å². The molecule has 1 fully saturated rings. The molecular formula is C19H20N4O4. The number of rotatable bonds is 6. The average Bonchev–Trinajstić information content (AvgIpc) is 2.97. The summed E-state index contributed by atoms with van der Waals surface area (Å²) in [6, 6.07) is 11.3. The molecule has 0 aromatic heterocycles. The Morgan fingerprint density at radius 2 is 2.00 bits per heavy atom. The van der Waals surface area contributed by atoms with Gasteiger partial charge in [-0.15, -0.1) is 0 Å². The van der Waals surface area contributed by atoms with E-state index in [1.807, 2.05) is 31.2 Å². The van der Waals surface area contributed by atoms with Crippen LogP contribution < -0.4 is 11.1 Å². The van der Waals surface area contributed by atoms with Crippen molar-refractivity contribution in [1.29, 1.82) is 0 Å². The highest BCUT2D eigenvalue weighted by Crippen LogP contribution is 2.25. The summed E-state index contributed by atoms with van der Waals surface area (Å²) in [7, 11) is 0. The van der Waals surface area contributed by atoms with Crippen LogP contribution in [0.25, 0.3) is 0 Å². The first-order valence-electron chi connectivity index (χ1n) is 8.54. The van der Waals surface area contributed by atoms with Crippen molar-refractivity contribution in [2.24, 2.45) is 5.73 Å². The Morgan fingerprint density at radius 3 is 2.63 bits per heavy atom. The van der Waals surface area contributed by atoms with Gasteiger partial charge in [0.2, 0.25) is 5.91 Å². The standard InChI is InChI=1S/C19H20N4O4/c1-12-2-4-13(5-3-12)11-22-9-8-17(19(22)25)21-16-7-6-14(23(26)27)10-15(16)18(20)24/h2-7,10,17,21H,8-9,11H2,1H3,(H2,20,24). The van der Waals surface area contributed by atoms with Gasteiger partial charge in [0.15, 0.2) is 0 Å². The molecule has 0 saturated carbocycles. The number of nitro groups is 1. The van der Waals surface area contributed by atoms with Gasteiger partial charge >= 0.3 is 0 Å². The molecule has 2 aromatic carbocycles. The van der Waals surface area contributed by atoms with E-state index < -0.39 is 16.9 Å². The Bertz CT molecular complexity index is 895. The van der Waals surface area contributed by atoms with E-state index >= 15 is 0 Å². The summed E-state index contributed by atoms with van der Waals surface area (Å²) in [5.41, 5.74) is 7.63. The van der Waals surface area contributed by atoms with E-state index in [-0.39, 0.29) is 17.2 Å². The lowest BCUT2D eigenvalue weighted by Gasteiger charge is -2.18. The molecule has 3 rings (SSSR count). The van der Waals surface area contributed by atoms with Crippen molar-refractivity contribution in [1.82, 2.24) is 4.90 Å². The van der Waals surface area contributed by atoms with Crippen molar-refractivity contribution in [3.05, 3.63) is 69.3 Å². The summed E-state index contributed by atoms with van der Waals surface area (Å²) in [6.07, 6.45) is 0.569. The van der Waals surface area contributed by atoms with Gasteiger partial charge in [-0.25, -0.2) is 0 Å². The highest BCUT2D eigenvalue weighted by Gasteiger charge is 2.32. The van der Waals surface area contributed by atoms with E-state index in [1.165, 1.54) is 12.1 Å². The number of anilines is 1. The van der Waals surface area contributed by atoms with E-state index in [9.17, 15) is 19.7 Å². The summed E-state index contributed by atoms with van der Waals surface area (Å²) in [4.78, 5) is 36.4. The Balaban J connectivity index is 1.73. The molecule has 2 aromatic rings. The number of nitrogens with zero attached hydrogens (tertiary/aromatic N) is 2. The smallest absolute Gasteiger partial charge is 0.270 e. The van der Waals surface area contributed by atoms with Crippen LogP contribution in [-0.4, -0.2) is 34.2 Å². The Kier molecular flexibility index (Phi) is 5.07. The van der Waals surface area contributed by atoms with Gasteiger partial charge in [-0.1, -0.05) is 29.8 Å². The minimum atomic E-state index is -0.789.